The summed E-state index contributed by atoms with van der Waals surface area (Å²) < 4.78 is 21.6. The summed E-state index contributed by atoms with van der Waals surface area (Å²) in [4.78, 5) is 36.6. The number of allylic oxidation sites excluding steroid dienone is 2. The van der Waals surface area contributed by atoms with Gasteiger partial charge in [0.15, 0.2) is 18.5 Å². The zero-order valence-corrected chi connectivity index (χ0v) is 31.9. The lowest BCUT2D eigenvalue weighted by molar-refractivity contribution is -0.298. The molecule has 0 bridgehead atoms. The van der Waals surface area contributed by atoms with E-state index < -0.39 is 54.7 Å². The summed E-state index contributed by atoms with van der Waals surface area (Å²) in [5.74, 6) is -2.45. The van der Waals surface area contributed by atoms with Crippen LogP contribution in [0.4, 0.5) is 0 Å². The van der Waals surface area contributed by atoms with Crippen molar-refractivity contribution in [1.82, 2.24) is 0 Å². The number of rotatable bonds is 33. The molecule has 6 unspecified atom stereocenters. The largest absolute Gasteiger partial charge is 0.479 e. The van der Waals surface area contributed by atoms with Crippen molar-refractivity contribution in [3.05, 3.63) is 12.2 Å². The number of aliphatic hydroxyl groups is 3. The predicted molar refractivity (Wildman–Crippen MR) is 197 cm³/mol. The van der Waals surface area contributed by atoms with Crippen LogP contribution >= 0.6 is 0 Å². The van der Waals surface area contributed by atoms with Gasteiger partial charge in [0.2, 0.25) is 0 Å². The fourth-order valence-electron chi connectivity index (χ4n) is 6.11. The Hall–Kier alpha value is -2.05. The van der Waals surface area contributed by atoms with Gasteiger partial charge in [-0.1, -0.05) is 135 Å². The third-order valence-corrected chi connectivity index (χ3v) is 9.36. The fraction of sp³-hybridized carbons (Fsp3) is 0.875. The molecule has 1 fully saturated rings. The third-order valence-electron chi connectivity index (χ3n) is 9.36. The van der Waals surface area contributed by atoms with E-state index in [2.05, 4.69) is 26.0 Å². The molecule has 0 aromatic rings. The number of aliphatic hydroxyl groups excluding tert-OH is 3. The number of hydrogen-bond donors (Lipinski definition) is 4. The normalized spacial score (nSPS) is 21.2. The lowest BCUT2D eigenvalue weighted by atomic mass is 9.99. The Morgan fingerprint density at radius 1 is 0.588 bits per heavy atom. The standard InChI is InChI=1S/C40H72O11/c1-3-5-7-9-11-13-15-17-19-20-22-24-26-28-33(41)48-30-32(31-49-40-37(45)35(43)36(44)38(51-40)39(46)47)50-34(42)29-27-25-23-21-18-16-14-12-10-8-6-4-2/h13,15,32,35-38,40,43-45H,3-12,14,16-31H2,1-2H3,(H,46,47)/b15-13-. The van der Waals surface area contributed by atoms with Crippen LogP contribution in [0.2, 0.25) is 0 Å². The Balaban J connectivity index is 2.43. The van der Waals surface area contributed by atoms with Crippen molar-refractivity contribution in [3.63, 3.8) is 0 Å². The predicted octanol–water partition coefficient (Wildman–Crippen LogP) is 7.70. The van der Waals surface area contributed by atoms with Gasteiger partial charge in [0.1, 0.15) is 24.9 Å². The Labute approximate surface area is 307 Å². The number of unbranched alkanes of at least 4 members (excludes halogenated alkanes) is 20. The second kappa shape index (κ2) is 31.5. The molecule has 1 saturated heterocycles. The minimum absolute atomic E-state index is 0.186. The maximum Gasteiger partial charge on any atom is 0.335 e. The first-order chi connectivity index (χ1) is 24.7. The molecule has 0 aromatic heterocycles. The minimum atomic E-state index is -1.86. The van der Waals surface area contributed by atoms with E-state index in [1.807, 2.05) is 0 Å². The van der Waals surface area contributed by atoms with E-state index in [0.29, 0.717) is 12.8 Å². The molecule has 11 heteroatoms. The highest BCUT2D eigenvalue weighted by Gasteiger charge is 2.47. The van der Waals surface area contributed by atoms with E-state index in [4.69, 9.17) is 18.9 Å². The summed E-state index contributed by atoms with van der Waals surface area (Å²) in [7, 11) is 0. The number of aliphatic carboxylic acids is 1. The second-order valence-electron chi connectivity index (χ2n) is 14.1. The molecular weight excluding hydrogens is 656 g/mol. The summed E-state index contributed by atoms with van der Waals surface area (Å²) in [6.07, 6.45) is 21.3. The molecule has 6 atom stereocenters. The molecule has 51 heavy (non-hydrogen) atoms. The van der Waals surface area contributed by atoms with Crippen LogP contribution in [0.3, 0.4) is 0 Å². The van der Waals surface area contributed by atoms with Gasteiger partial charge in [-0.15, -0.1) is 0 Å². The van der Waals surface area contributed by atoms with Crippen molar-refractivity contribution >= 4 is 17.9 Å². The van der Waals surface area contributed by atoms with E-state index in [1.54, 1.807) is 0 Å². The fourth-order valence-corrected chi connectivity index (χ4v) is 6.11. The van der Waals surface area contributed by atoms with Gasteiger partial charge in [-0.05, 0) is 38.5 Å². The molecule has 298 valence electrons. The molecule has 0 spiro atoms. The maximum atomic E-state index is 12.7. The first-order valence-corrected chi connectivity index (χ1v) is 20.2. The molecule has 1 aliphatic heterocycles. The second-order valence-corrected chi connectivity index (χ2v) is 14.1. The maximum absolute atomic E-state index is 12.7. The van der Waals surface area contributed by atoms with Gasteiger partial charge in [0.05, 0.1) is 6.61 Å². The average Bonchev–Trinajstić information content (AvgIpc) is 3.11. The highest BCUT2D eigenvalue weighted by molar-refractivity contribution is 5.73. The van der Waals surface area contributed by atoms with Gasteiger partial charge in [0, 0.05) is 12.8 Å². The number of carbonyl (C=O) groups is 3. The lowest BCUT2D eigenvalue weighted by Gasteiger charge is -2.38. The Morgan fingerprint density at radius 2 is 1.04 bits per heavy atom. The molecule has 0 aromatic carbocycles. The zero-order valence-electron chi connectivity index (χ0n) is 31.9. The van der Waals surface area contributed by atoms with E-state index in [9.17, 15) is 34.8 Å². The van der Waals surface area contributed by atoms with E-state index in [0.717, 1.165) is 57.8 Å². The molecule has 1 aliphatic rings. The number of esters is 2. The highest BCUT2D eigenvalue weighted by Crippen LogP contribution is 2.23. The van der Waals surface area contributed by atoms with E-state index in [1.165, 1.54) is 77.0 Å². The van der Waals surface area contributed by atoms with Crippen LogP contribution in [0.15, 0.2) is 12.2 Å². The summed E-state index contributed by atoms with van der Waals surface area (Å²) in [6, 6.07) is 0. The molecule has 4 N–H and O–H groups in total. The van der Waals surface area contributed by atoms with Crippen LogP contribution in [0.25, 0.3) is 0 Å². The quantitative estimate of drug-likeness (QED) is 0.0297. The van der Waals surface area contributed by atoms with Gasteiger partial charge < -0.3 is 39.4 Å². The molecule has 0 amide bonds. The summed E-state index contributed by atoms with van der Waals surface area (Å²) >= 11 is 0. The number of carbonyl (C=O) groups excluding carboxylic acids is 2. The average molecular weight is 729 g/mol. The summed E-state index contributed by atoms with van der Waals surface area (Å²) in [5, 5.41) is 39.7. The van der Waals surface area contributed by atoms with Crippen LogP contribution < -0.4 is 0 Å². The molecule has 0 aliphatic carbocycles. The topological polar surface area (TPSA) is 169 Å². The summed E-state index contributed by atoms with van der Waals surface area (Å²) in [5.41, 5.74) is 0. The van der Waals surface area contributed by atoms with E-state index in [-0.39, 0.29) is 26.1 Å². The number of carboxylic acid groups (broad SMARTS) is 1. The molecule has 0 saturated carbocycles. The van der Waals surface area contributed by atoms with Crippen LogP contribution in [0, 0.1) is 0 Å². The smallest absolute Gasteiger partial charge is 0.335 e. The van der Waals surface area contributed by atoms with Gasteiger partial charge >= 0.3 is 17.9 Å². The van der Waals surface area contributed by atoms with Gasteiger partial charge in [-0.2, -0.15) is 0 Å². The number of carboxylic acids is 1. The first kappa shape index (κ1) is 47.0. The van der Waals surface area contributed by atoms with Crippen molar-refractivity contribution < 1.29 is 53.8 Å². The molecule has 0 radical (unpaired) electrons. The third kappa shape index (κ3) is 24.0. The van der Waals surface area contributed by atoms with Crippen LogP contribution in [0.5, 0.6) is 0 Å². The summed E-state index contributed by atoms with van der Waals surface area (Å²) in [6.45, 7) is 3.77. The van der Waals surface area contributed by atoms with Crippen LogP contribution in [0.1, 0.15) is 174 Å². The van der Waals surface area contributed by atoms with Gasteiger partial charge in [-0.25, -0.2) is 4.79 Å². The Bertz CT molecular complexity index is 911. The number of hydrogen-bond acceptors (Lipinski definition) is 10. The number of ether oxygens (including phenoxy) is 4. The Kier molecular flexibility index (Phi) is 29.0. The van der Waals surface area contributed by atoms with Gasteiger partial charge in [0.25, 0.3) is 0 Å². The van der Waals surface area contributed by atoms with E-state index >= 15 is 0 Å². The van der Waals surface area contributed by atoms with Crippen molar-refractivity contribution in [2.45, 2.75) is 211 Å². The minimum Gasteiger partial charge on any atom is -0.479 e. The first-order valence-electron chi connectivity index (χ1n) is 20.2. The molecule has 1 rings (SSSR count). The lowest BCUT2D eigenvalue weighted by Crippen LogP contribution is -2.60. The van der Waals surface area contributed by atoms with Crippen LogP contribution in [-0.4, -0.2) is 88.4 Å². The van der Waals surface area contributed by atoms with Crippen molar-refractivity contribution in [2.75, 3.05) is 13.2 Å². The van der Waals surface area contributed by atoms with Gasteiger partial charge in [-0.3, -0.25) is 9.59 Å². The van der Waals surface area contributed by atoms with Crippen LogP contribution in [-0.2, 0) is 33.3 Å². The highest BCUT2D eigenvalue weighted by atomic mass is 16.7. The van der Waals surface area contributed by atoms with Crippen molar-refractivity contribution in [3.8, 4) is 0 Å². The molecular formula is C40H72O11. The molecule has 11 nitrogen and oxygen atoms in total. The molecule has 1 heterocycles. The zero-order chi connectivity index (χ0) is 37.5. The Morgan fingerprint density at radius 3 is 1.55 bits per heavy atom. The monoisotopic (exact) mass is 729 g/mol. The van der Waals surface area contributed by atoms with Crippen molar-refractivity contribution in [2.24, 2.45) is 0 Å². The van der Waals surface area contributed by atoms with Crippen molar-refractivity contribution in [1.29, 1.82) is 0 Å². The SMILES string of the molecule is CCCCCC/C=C\CCCCCCCC(=O)OCC(COC1OC(C(=O)O)C(O)C(O)C1O)OC(=O)CCCCCCCCCCCCCC.